The SMILES string of the molecule is CCCc1cncc(OCc2nnc(C)s2)c1. The van der Waals surface area contributed by atoms with E-state index < -0.39 is 0 Å². The van der Waals surface area contributed by atoms with Crippen molar-refractivity contribution in [1.29, 1.82) is 0 Å². The van der Waals surface area contributed by atoms with Gasteiger partial charge in [0.25, 0.3) is 0 Å². The minimum atomic E-state index is 0.461. The van der Waals surface area contributed by atoms with Crippen LogP contribution < -0.4 is 4.74 Å². The van der Waals surface area contributed by atoms with Crippen molar-refractivity contribution in [2.45, 2.75) is 33.3 Å². The normalized spacial score (nSPS) is 10.5. The number of pyridine rings is 1. The van der Waals surface area contributed by atoms with Gasteiger partial charge in [-0.1, -0.05) is 24.7 Å². The minimum Gasteiger partial charge on any atom is -0.485 e. The lowest BCUT2D eigenvalue weighted by molar-refractivity contribution is 0.303. The van der Waals surface area contributed by atoms with Gasteiger partial charge in [0.15, 0.2) is 5.01 Å². The maximum absolute atomic E-state index is 5.64. The Morgan fingerprint density at radius 3 is 2.88 bits per heavy atom. The second-order valence-corrected chi connectivity index (χ2v) is 5.05. The third-order valence-corrected chi connectivity index (χ3v) is 3.05. The van der Waals surface area contributed by atoms with Crippen LogP contribution >= 0.6 is 11.3 Å². The van der Waals surface area contributed by atoms with Gasteiger partial charge in [0, 0.05) is 6.20 Å². The van der Waals surface area contributed by atoms with E-state index in [1.165, 1.54) is 5.56 Å². The third-order valence-electron chi connectivity index (χ3n) is 2.24. The minimum absolute atomic E-state index is 0.461. The van der Waals surface area contributed by atoms with E-state index in [2.05, 4.69) is 22.1 Å². The van der Waals surface area contributed by atoms with Crippen LogP contribution in [0.3, 0.4) is 0 Å². The second-order valence-electron chi connectivity index (χ2n) is 3.78. The predicted molar refractivity (Wildman–Crippen MR) is 67.2 cm³/mol. The van der Waals surface area contributed by atoms with Crippen molar-refractivity contribution >= 4 is 11.3 Å². The van der Waals surface area contributed by atoms with Crippen LogP contribution in [0.4, 0.5) is 0 Å². The van der Waals surface area contributed by atoms with Gasteiger partial charge in [0.05, 0.1) is 6.20 Å². The first-order chi connectivity index (χ1) is 8.28. The molecule has 2 heterocycles. The van der Waals surface area contributed by atoms with Crippen LogP contribution in [-0.2, 0) is 13.0 Å². The molecule has 0 spiro atoms. The van der Waals surface area contributed by atoms with Gasteiger partial charge in [-0.3, -0.25) is 4.98 Å². The molecule has 0 aromatic carbocycles. The van der Waals surface area contributed by atoms with Crippen molar-refractivity contribution in [3.8, 4) is 5.75 Å². The summed E-state index contributed by atoms with van der Waals surface area (Å²) in [6.07, 6.45) is 5.75. The van der Waals surface area contributed by atoms with E-state index in [1.807, 2.05) is 19.2 Å². The molecule has 2 aromatic rings. The molecule has 2 rings (SSSR count). The first-order valence-corrected chi connectivity index (χ1v) is 6.45. The van der Waals surface area contributed by atoms with Crippen LogP contribution in [0.15, 0.2) is 18.5 Å². The molecule has 0 saturated heterocycles. The van der Waals surface area contributed by atoms with E-state index in [9.17, 15) is 0 Å². The van der Waals surface area contributed by atoms with Crippen LogP contribution in [0.5, 0.6) is 5.75 Å². The van der Waals surface area contributed by atoms with Gasteiger partial charge in [-0.2, -0.15) is 0 Å². The molecule has 90 valence electrons. The van der Waals surface area contributed by atoms with E-state index in [0.29, 0.717) is 6.61 Å². The molecule has 0 bridgehead atoms. The maximum atomic E-state index is 5.64. The van der Waals surface area contributed by atoms with Gasteiger partial charge in [-0.05, 0) is 25.0 Å². The summed E-state index contributed by atoms with van der Waals surface area (Å²) in [5.74, 6) is 0.795. The lowest BCUT2D eigenvalue weighted by Gasteiger charge is -2.04. The van der Waals surface area contributed by atoms with Crippen LogP contribution in [0.1, 0.15) is 28.9 Å². The van der Waals surface area contributed by atoms with Gasteiger partial charge < -0.3 is 4.74 Å². The molecule has 0 atom stereocenters. The zero-order valence-corrected chi connectivity index (χ0v) is 10.8. The number of hydrogen-bond acceptors (Lipinski definition) is 5. The summed E-state index contributed by atoms with van der Waals surface area (Å²) in [7, 11) is 0. The topological polar surface area (TPSA) is 47.9 Å². The average molecular weight is 249 g/mol. The molecule has 0 radical (unpaired) electrons. The lowest BCUT2D eigenvalue weighted by atomic mass is 10.2. The first-order valence-electron chi connectivity index (χ1n) is 5.63. The van der Waals surface area contributed by atoms with Crippen LogP contribution in [0.25, 0.3) is 0 Å². The second kappa shape index (κ2) is 5.72. The summed E-state index contributed by atoms with van der Waals surface area (Å²) >= 11 is 1.55. The van der Waals surface area contributed by atoms with Gasteiger partial charge in [0.1, 0.15) is 17.4 Å². The van der Waals surface area contributed by atoms with E-state index in [0.717, 1.165) is 28.6 Å². The van der Waals surface area contributed by atoms with Crippen LogP contribution in [0, 0.1) is 6.92 Å². The molecule has 0 aliphatic heterocycles. The Hall–Kier alpha value is -1.49. The molecule has 17 heavy (non-hydrogen) atoms. The highest BCUT2D eigenvalue weighted by Crippen LogP contribution is 2.16. The highest BCUT2D eigenvalue weighted by atomic mass is 32.1. The Bertz CT molecular complexity index is 484. The summed E-state index contributed by atoms with van der Waals surface area (Å²) < 4.78 is 5.64. The number of ether oxygens (including phenoxy) is 1. The van der Waals surface area contributed by atoms with Crippen molar-refractivity contribution in [1.82, 2.24) is 15.2 Å². The van der Waals surface area contributed by atoms with Crippen molar-refractivity contribution in [2.24, 2.45) is 0 Å². The Morgan fingerprint density at radius 1 is 1.29 bits per heavy atom. The number of rotatable bonds is 5. The molecular weight excluding hydrogens is 234 g/mol. The predicted octanol–water partition coefficient (Wildman–Crippen LogP) is 2.77. The molecular formula is C12H15N3OS. The molecule has 0 amide bonds. The molecule has 0 N–H and O–H groups in total. The summed E-state index contributed by atoms with van der Waals surface area (Å²) in [6, 6.07) is 2.03. The molecule has 4 nitrogen and oxygen atoms in total. The Labute approximate surface area is 105 Å². The van der Waals surface area contributed by atoms with Crippen molar-refractivity contribution in [3.63, 3.8) is 0 Å². The Kier molecular flexibility index (Phi) is 4.03. The number of hydrogen-bond donors (Lipinski definition) is 0. The lowest BCUT2D eigenvalue weighted by Crippen LogP contribution is -1.96. The number of aryl methyl sites for hydroxylation is 2. The first kappa shape index (κ1) is 12.0. The number of aromatic nitrogens is 3. The van der Waals surface area contributed by atoms with Crippen molar-refractivity contribution < 1.29 is 4.74 Å². The van der Waals surface area contributed by atoms with Gasteiger partial charge >= 0.3 is 0 Å². The molecule has 0 aliphatic rings. The summed E-state index contributed by atoms with van der Waals surface area (Å²) in [5.41, 5.74) is 1.21. The standard InChI is InChI=1S/C12H15N3OS/c1-3-4-10-5-11(7-13-6-10)16-8-12-15-14-9(2)17-12/h5-7H,3-4,8H2,1-2H3. The maximum Gasteiger partial charge on any atom is 0.155 e. The van der Waals surface area contributed by atoms with Crippen molar-refractivity contribution in [2.75, 3.05) is 0 Å². The fourth-order valence-electron chi connectivity index (χ4n) is 1.51. The van der Waals surface area contributed by atoms with Gasteiger partial charge in [-0.15, -0.1) is 10.2 Å². The monoisotopic (exact) mass is 249 g/mol. The van der Waals surface area contributed by atoms with E-state index in [1.54, 1.807) is 17.5 Å². The van der Waals surface area contributed by atoms with Crippen molar-refractivity contribution in [3.05, 3.63) is 34.0 Å². The zero-order chi connectivity index (χ0) is 12.1. The third kappa shape index (κ3) is 3.49. The highest BCUT2D eigenvalue weighted by molar-refractivity contribution is 7.11. The fraction of sp³-hybridized carbons (Fsp3) is 0.417. The van der Waals surface area contributed by atoms with E-state index >= 15 is 0 Å². The van der Waals surface area contributed by atoms with E-state index in [-0.39, 0.29) is 0 Å². The van der Waals surface area contributed by atoms with Crippen LogP contribution in [-0.4, -0.2) is 15.2 Å². The number of nitrogens with zero attached hydrogens (tertiary/aromatic N) is 3. The largest absolute Gasteiger partial charge is 0.485 e. The Morgan fingerprint density at radius 2 is 2.18 bits per heavy atom. The molecule has 0 saturated carbocycles. The molecule has 2 aromatic heterocycles. The van der Waals surface area contributed by atoms with Gasteiger partial charge in [-0.25, -0.2) is 0 Å². The molecule has 0 unspecified atom stereocenters. The molecule has 0 fully saturated rings. The fourth-order valence-corrected chi connectivity index (χ4v) is 2.13. The smallest absolute Gasteiger partial charge is 0.155 e. The summed E-state index contributed by atoms with van der Waals surface area (Å²) in [6.45, 7) is 4.55. The average Bonchev–Trinajstić information content (AvgIpc) is 2.74. The van der Waals surface area contributed by atoms with E-state index in [4.69, 9.17) is 4.74 Å². The quantitative estimate of drug-likeness (QED) is 0.817. The molecule has 5 heteroatoms. The zero-order valence-electron chi connectivity index (χ0n) is 10.0. The Balaban J connectivity index is 1.96. The summed E-state index contributed by atoms with van der Waals surface area (Å²) in [5, 5.41) is 9.81. The van der Waals surface area contributed by atoms with Gasteiger partial charge in [0.2, 0.25) is 0 Å². The summed E-state index contributed by atoms with van der Waals surface area (Å²) in [4.78, 5) is 4.16. The highest BCUT2D eigenvalue weighted by Gasteiger charge is 2.02. The molecule has 0 aliphatic carbocycles. The van der Waals surface area contributed by atoms with Crippen LogP contribution in [0.2, 0.25) is 0 Å².